The molecule has 2 rings (SSSR count). The lowest BCUT2D eigenvalue weighted by Crippen LogP contribution is -2.13. The van der Waals surface area contributed by atoms with Gasteiger partial charge in [0.1, 0.15) is 0 Å². The first-order valence-corrected chi connectivity index (χ1v) is 6.35. The van der Waals surface area contributed by atoms with E-state index in [1.165, 1.54) is 12.8 Å². The van der Waals surface area contributed by atoms with Crippen molar-refractivity contribution in [2.24, 2.45) is 5.92 Å². The second-order valence-corrected chi connectivity index (χ2v) is 5.07. The zero-order valence-corrected chi connectivity index (χ0v) is 10.6. The summed E-state index contributed by atoms with van der Waals surface area (Å²) in [6, 6.07) is 3.76. The summed E-state index contributed by atoms with van der Waals surface area (Å²) in [7, 11) is 1.59. The van der Waals surface area contributed by atoms with Gasteiger partial charge in [-0.3, -0.25) is 0 Å². The Bertz CT molecular complexity index is 372. The minimum Gasteiger partial charge on any atom is -0.378 e. The molecule has 1 aliphatic carbocycles. The Hall–Kier alpha value is -0.960. The molecule has 1 aromatic heterocycles. The fraction of sp³-hybridized carbons (Fsp3) is 0.643. The van der Waals surface area contributed by atoms with Crippen molar-refractivity contribution in [2.45, 2.75) is 45.1 Å². The maximum atomic E-state index is 13.9. The van der Waals surface area contributed by atoms with Crippen LogP contribution in [0.2, 0.25) is 0 Å². The Morgan fingerprint density at radius 3 is 2.59 bits per heavy atom. The topological polar surface area (TPSA) is 22.1 Å². The highest BCUT2D eigenvalue weighted by atomic mass is 19.1. The standard InChI is InChI=1S/C14H20FNO/c1-10-3-5-11(6-4-10)13-8-7-12(9-17-2)16-14(13)15/h7-8,10-11H,3-6,9H2,1-2H3. The Morgan fingerprint density at radius 1 is 1.29 bits per heavy atom. The highest BCUT2D eigenvalue weighted by molar-refractivity contribution is 5.20. The molecule has 0 N–H and O–H groups in total. The number of ether oxygens (including phenoxy) is 1. The van der Waals surface area contributed by atoms with Crippen molar-refractivity contribution in [2.75, 3.05) is 7.11 Å². The van der Waals surface area contributed by atoms with Crippen molar-refractivity contribution in [3.8, 4) is 0 Å². The van der Waals surface area contributed by atoms with E-state index in [2.05, 4.69) is 11.9 Å². The molecule has 0 bridgehead atoms. The number of hydrogen-bond donors (Lipinski definition) is 0. The summed E-state index contributed by atoms with van der Waals surface area (Å²) in [5.41, 5.74) is 1.45. The normalized spacial score (nSPS) is 24.9. The molecule has 1 heterocycles. The molecule has 17 heavy (non-hydrogen) atoms. The maximum absolute atomic E-state index is 13.9. The predicted molar refractivity (Wildman–Crippen MR) is 65.3 cm³/mol. The number of pyridine rings is 1. The zero-order chi connectivity index (χ0) is 12.3. The van der Waals surface area contributed by atoms with Crippen LogP contribution in [0, 0.1) is 11.9 Å². The van der Waals surface area contributed by atoms with Gasteiger partial charge in [0.15, 0.2) is 0 Å². The molecule has 0 atom stereocenters. The summed E-state index contributed by atoms with van der Waals surface area (Å²) in [6.07, 6.45) is 4.57. The number of halogens is 1. The first-order valence-electron chi connectivity index (χ1n) is 6.35. The van der Waals surface area contributed by atoms with Crippen LogP contribution in [0.4, 0.5) is 4.39 Å². The van der Waals surface area contributed by atoms with E-state index in [-0.39, 0.29) is 5.95 Å². The Morgan fingerprint density at radius 2 is 2.00 bits per heavy atom. The molecule has 0 spiro atoms. The van der Waals surface area contributed by atoms with Crippen molar-refractivity contribution < 1.29 is 9.13 Å². The van der Waals surface area contributed by atoms with Crippen molar-refractivity contribution in [3.05, 3.63) is 29.3 Å². The molecule has 1 saturated carbocycles. The van der Waals surface area contributed by atoms with Gasteiger partial charge >= 0.3 is 0 Å². The van der Waals surface area contributed by atoms with E-state index in [1.54, 1.807) is 7.11 Å². The molecule has 1 aliphatic rings. The third-order valence-corrected chi connectivity index (χ3v) is 3.68. The van der Waals surface area contributed by atoms with Gasteiger partial charge in [-0.2, -0.15) is 4.39 Å². The molecule has 0 saturated heterocycles. The van der Waals surface area contributed by atoms with Gasteiger partial charge in [-0.05, 0) is 30.7 Å². The number of aromatic nitrogens is 1. The molecule has 0 radical (unpaired) electrons. The van der Waals surface area contributed by atoms with Gasteiger partial charge in [0.05, 0.1) is 12.3 Å². The van der Waals surface area contributed by atoms with Crippen LogP contribution < -0.4 is 0 Å². The van der Waals surface area contributed by atoms with Crippen LogP contribution in [-0.4, -0.2) is 12.1 Å². The van der Waals surface area contributed by atoms with E-state index < -0.39 is 0 Å². The van der Waals surface area contributed by atoms with Gasteiger partial charge < -0.3 is 4.74 Å². The van der Waals surface area contributed by atoms with Crippen LogP contribution in [0.25, 0.3) is 0 Å². The van der Waals surface area contributed by atoms with Crippen molar-refractivity contribution >= 4 is 0 Å². The highest BCUT2D eigenvalue weighted by Crippen LogP contribution is 2.36. The molecule has 0 aliphatic heterocycles. The first-order chi connectivity index (χ1) is 8.20. The van der Waals surface area contributed by atoms with Gasteiger partial charge in [-0.25, -0.2) is 4.98 Å². The van der Waals surface area contributed by atoms with Gasteiger partial charge in [0.2, 0.25) is 5.95 Å². The molecule has 1 fully saturated rings. The summed E-state index contributed by atoms with van der Waals surface area (Å²) in [5.74, 6) is 0.837. The van der Waals surface area contributed by atoms with Crippen LogP contribution in [0.1, 0.15) is 49.8 Å². The molecule has 0 unspecified atom stereocenters. The lowest BCUT2D eigenvalue weighted by molar-refractivity contribution is 0.180. The third kappa shape index (κ3) is 3.03. The van der Waals surface area contributed by atoms with Crippen molar-refractivity contribution in [3.63, 3.8) is 0 Å². The largest absolute Gasteiger partial charge is 0.378 e. The Balaban J connectivity index is 2.10. The zero-order valence-electron chi connectivity index (χ0n) is 10.6. The SMILES string of the molecule is COCc1ccc(C2CCC(C)CC2)c(F)n1. The molecule has 1 aromatic rings. The van der Waals surface area contributed by atoms with Crippen LogP contribution in [0.15, 0.2) is 12.1 Å². The molecular formula is C14H20FNO. The van der Waals surface area contributed by atoms with Gasteiger partial charge in [-0.1, -0.05) is 25.8 Å². The Kier molecular flexibility index (Phi) is 4.11. The van der Waals surface area contributed by atoms with Gasteiger partial charge in [0, 0.05) is 12.7 Å². The fourth-order valence-electron chi connectivity index (χ4n) is 2.59. The molecule has 94 valence electrons. The van der Waals surface area contributed by atoms with Crippen LogP contribution >= 0.6 is 0 Å². The summed E-state index contributed by atoms with van der Waals surface area (Å²) >= 11 is 0. The minimum absolute atomic E-state index is 0.306. The minimum atomic E-state index is -0.306. The van der Waals surface area contributed by atoms with E-state index >= 15 is 0 Å². The summed E-state index contributed by atoms with van der Waals surface area (Å²) in [6.45, 7) is 2.64. The van der Waals surface area contributed by atoms with Crippen LogP contribution in [0.5, 0.6) is 0 Å². The van der Waals surface area contributed by atoms with Crippen molar-refractivity contribution in [1.82, 2.24) is 4.98 Å². The lowest BCUT2D eigenvalue weighted by atomic mass is 9.80. The number of rotatable bonds is 3. The second-order valence-electron chi connectivity index (χ2n) is 5.07. The maximum Gasteiger partial charge on any atom is 0.216 e. The quantitative estimate of drug-likeness (QED) is 0.748. The molecule has 0 aromatic carbocycles. The van der Waals surface area contributed by atoms with E-state index in [0.717, 1.165) is 24.3 Å². The second kappa shape index (κ2) is 5.58. The first kappa shape index (κ1) is 12.5. The summed E-state index contributed by atoms with van der Waals surface area (Å²) in [4.78, 5) is 3.97. The van der Waals surface area contributed by atoms with Crippen molar-refractivity contribution in [1.29, 1.82) is 0 Å². The molecule has 3 heteroatoms. The smallest absolute Gasteiger partial charge is 0.216 e. The fourth-order valence-corrected chi connectivity index (χ4v) is 2.59. The van der Waals surface area contributed by atoms with Crippen LogP contribution in [0.3, 0.4) is 0 Å². The number of methoxy groups -OCH3 is 1. The molecular weight excluding hydrogens is 217 g/mol. The van der Waals surface area contributed by atoms with E-state index in [1.807, 2.05) is 12.1 Å². The summed E-state index contributed by atoms with van der Waals surface area (Å²) < 4.78 is 18.8. The monoisotopic (exact) mass is 237 g/mol. The molecule has 0 amide bonds. The highest BCUT2D eigenvalue weighted by Gasteiger charge is 2.22. The average molecular weight is 237 g/mol. The van der Waals surface area contributed by atoms with Gasteiger partial charge in [0.25, 0.3) is 0 Å². The van der Waals surface area contributed by atoms with E-state index in [0.29, 0.717) is 18.2 Å². The van der Waals surface area contributed by atoms with E-state index in [4.69, 9.17) is 4.74 Å². The number of nitrogens with zero attached hydrogens (tertiary/aromatic N) is 1. The lowest BCUT2D eigenvalue weighted by Gasteiger charge is -2.26. The third-order valence-electron chi connectivity index (χ3n) is 3.68. The van der Waals surface area contributed by atoms with Crippen LogP contribution in [-0.2, 0) is 11.3 Å². The number of hydrogen-bond acceptors (Lipinski definition) is 2. The molecule has 2 nitrogen and oxygen atoms in total. The van der Waals surface area contributed by atoms with Gasteiger partial charge in [-0.15, -0.1) is 0 Å². The average Bonchev–Trinajstić information content (AvgIpc) is 2.31. The predicted octanol–water partition coefficient (Wildman–Crippen LogP) is 3.66. The Labute approximate surface area is 102 Å². The summed E-state index contributed by atoms with van der Waals surface area (Å²) in [5, 5.41) is 0. The van der Waals surface area contributed by atoms with E-state index in [9.17, 15) is 4.39 Å².